The molecule has 0 bridgehead atoms. The van der Waals surface area contributed by atoms with Crippen LogP contribution in [-0.4, -0.2) is 25.9 Å². The van der Waals surface area contributed by atoms with Crippen molar-refractivity contribution in [3.63, 3.8) is 0 Å². The molecule has 1 aliphatic rings. The van der Waals surface area contributed by atoms with E-state index < -0.39 is 10.0 Å². The van der Waals surface area contributed by atoms with Crippen LogP contribution in [0.5, 0.6) is 0 Å². The topological polar surface area (TPSA) is 88.2 Å². The number of hydrogen-bond donors (Lipinski definition) is 2. The molecule has 2 heterocycles. The van der Waals surface area contributed by atoms with E-state index in [-0.39, 0.29) is 17.3 Å². The molecule has 0 saturated carbocycles. The molecule has 1 aliphatic heterocycles. The van der Waals surface area contributed by atoms with Gasteiger partial charge in [-0.3, -0.25) is 9.78 Å². The van der Waals surface area contributed by atoms with Gasteiger partial charge in [-0.2, -0.15) is 0 Å². The van der Waals surface area contributed by atoms with Crippen molar-refractivity contribution < 1.29 is 13.2 Å². The molecule has 7 heteroatoms. The average molecular weight is 345 g/mol. The second-order valence-corrected chi connectivity index (χ2v) is 7.46. The fourth-order valence-electron chi connectivity index (χ4n) is 2.66. The van der Waals surface area contributed by atoms with Crippen LogP contribution in [0.3, 0.4) is 0 Å². The van der Waals surface area contributed by atoms with Gasteiger partial charge < -0.3 is 5.32 Å². The maximum atomic E-state index is 12.4. The van der Waals surface area contributed by atoms with Crippen LogP contribution >= 0.6 is 0 Å². The van der Waals surface area contributed by atoms with Gasteiger partial charge in [0.25, 0.3) is 0 Å². The zero-order chi connectivity index (χ0) is 17.0. The standard InChI is InChI=1S/C17H19N3O3S/c21-17-6-3-4-13-12-15(7-8-16(13)20-17)24(22,23)19-11-9-14-5-1-2-10-18-14/h1-2,5,7-8,10,12,19H,3-4,6,9,11H2,(H,20,21). The molecule has 1 amide bonds. The lowest BCUT2D eigenvalue weighted by molar-refractivity contribution is -0.116. The van der Waals surface area contributed by atoms with E-state index in [0.29, 0.717) is 24.9 Å². The van der Waals surface area contributed by atoms with E-state index in [1.165, 1.54) is 6.07 Å². The van der Waals surface area contributed by atoms with Crippen molar-refractivity contribution in [1.29, 1.82) is 0 Å². The van der Waals surface area contributed by atoms with Crippen LogP contribution in [0.25, 0.3) is 0 Å². The molecule has 24 heavy (non-hydrogen) atoms. The second-order valence-electron chi connectivity index (χ2n) is 5.69. The first kappa shape index (κ1) is 16.6. The molecule has 0 spiro atoms. The Kier molecular flexibility index (Phi) is 4.92. The Balaban J connectivity index is 1.70. The summed E-state index contributed by atoms with van der Waals surface area (Å²) in [6.45, 7) is 0.285. The number of sulfonamides is 1. The minimum atomic E-state index is -3.58. The number of hydrogen-bond acceptors (Lipinski definition) is 4. The van der Waals surface area contributed by atoms with Crippen LogP contribution in [0.15, 0.2) is 47.5 Å². The van der Waals surface area contributed by atoms with Gasteiger partial charge >= 0.3 is 0 Å². The first-order chi connectivity index (χ1) is 11.5. The molecule has 0 unspecified atom stereocenters. The van der Waals surface area contributed by atoms with Gasteiger partial charge in [-0.25, -0.2) is 13.1 Å². The zero-order valence-corrected chi connectivity index (χ0v) is 14.0. The van der Waals surface area contributed by atoms with Crippen molar-refractivity contribution in [2.24, 2.45) is 0 Å². The fourth-order valence-corrected chi connectivity index (χ4v) is 3.74. The lowest BCUT2D eigenvalue weighted by Crippen LogP contribution is -2.26. The highest BCUT2D eigenvalue weighted by Gasteiger charge is 2.18. The molecule has 3 rings (SSSR count). The van der Waals surface area contributed by atoms with Gasteiger partial charge in [0.05, 0.1) is 4.90 Å². The molecule has 2 aromatic rings. The molecule has 126 valence electrons. The number of carbonyl (C=O) groups excluding carboxylic acids is 1. The first-order valence-corrected chi connectivity index (χ1v) is 9.35. The molecule has 0 radical (unpaired) electrons. The summed E-state index contributed by atoms with van der Waals surface area (Å²) in [5, 5.41) is 2.80. The number of aryl methyl sites for hydroxylation is 1. The summed E-state index contributed by atoms with van der Waals surface area (Å²) in [5.74, 6) is -0.0298. The molecule has 0 saturated heterocycles. The number of carbonyl (C=O) groups is 1. The summed E-state index contributed by atoms with van der Waals surface area (Å²) in [7, 11) is -3.58. The molecule has 2 N–H and O–H groups in total. The average Bonchev–Trinajstić information content (AvgIpc) is 2.75. The van der Waals surface area contributed by atoms with Gasteiger partial charge in [0.2, 0.25) is 15.9 Å². The van der Waals surface area contributed by atoms with Crippen LogP contribution in [0.4, 0.5) is 5.69 Å². The maximum Gasteiger partial charge on any atom is 0.240 e. The summed E-state index contributed by atoms with van der Waals surface area (Å²) in [4.78, 5) is 15.9. The largest absolute Gasteiger partial charge is 0.326 e. The number of nitrogens with zero attached hydrogens (tertiary/aromatic N) is 1. The fraction of sp³-hybridized carbons (Fsp3) is 0.294. The predicted molar refractivity (Wildman–Crippen MR) is 91.1 cm³/mol. The third-order valence-electron chi connectivity index (χ3n) is 3.91. The Morgan fingerprint density at radius 2 is 2.04 bits per heavy atom. The minimum absolute atomic E-state index is 0.0298. The molecule has 1 aromatic carbocycles. The lowest BCUT2D eigenvalue weighted by Gasteiger charge is -2.11. The van der Waals surface area contributed by atoms with Crippen LogP contribution < -0.4 is 10.0 Å². The third kappa shape index (κ3) is 3.98. The maximum absolute atomic E-state index is 12.4. The number of fused-ring (bicyclic) bond motifs is 1. The molecule has 0 aliphatic carbocycles. The highest BCUT2D eigenvalue weighted by atomic mass is 32.2. The van der Waals surface area contributed by atoms with Crippen LogP contribution in [-0.2, 0) is 27.7 Å². The molecule has 0 fully saturated rings. The van der Waals surface area contributed by atoms with Gasteiger partial charge in [0.1, 0.15) is 0 Å². The van der Waals surface area contributed by atoms with Crippen molar-refractivity contribution in [1.82, 2.24) is 9.71 Å². The molecule has 1 aromatic heterocycles. The van der Waals surface area contributed by atoms with Crippen molar-refractivity contribution in [3.8, 4) is 0 Å². The summed E-state index contributed by atoms with van der Waals surface area (Å²) in [5.41, 5.74) is 2.39. The van der Waals surface area contributed by atoms with Gasteiger partial charge in [-0.15, -0.1) is 0 Å². The highest BCUT2D eigenvalue weighted by molar-refractivity contribution is 7.89. The minimum Gasteiger partial charge on any atom is -0.326 e. The van der Waals surface area contributed by atoms with E-state index in [2.05, 4.69) is 15.0 Å². The van der Waals surface area contributed by atoms with Gasteiger partial charge in [-0.1, -0.05) is 6.07 Å². The number of pyridine rings is 1. The van der Waals surface area contributed by atoms with E-state index in [1.807, 2.05) is 18.2 Å². The van der Waals surface area contributed by atoms with Crippen LogP contribution in [0.2, 0.25) is 0 Å². The van der Waals surface area contributed by atoms with Crippen molar-refractivity contribution in [2.75, 3.05) is 11.9 Å². The molecular formula is C17H19N3O3S. The normalized spacial score (nSPS) is 14.6. The van der Waals surface area contributed by atoms with E-state index in [4.69, 9.17) is 0 Å². The summed E-state index contributed by atoms with van der Waals surface area (Å²) < 4.78 is 27.5. The number of amides is 1. The summed E-state index contributed by atoms with van der Waals surface area (Å²) in [6.07, 6.45) is 4.07. The van der Waals surface area contributed by atoms with Crippen LogP contribution in [0, 0.1) is 0 Å². The Morgan fingerprint density at radius 3 is 2.83 bits per heavy atom. The van der Waals surface area contributed by atoms with Crippen molar-refractivity contribution in [3.05, 3.63) is 53.9 Å². The monoisotopic (exact) mass is 345 g/mol. The lowest BCUT2D eigenvalue weighted by atomic mass is 10.1. The zero-order valence-electron chi connectivity index (χ0n) is 13.2. The first-order valence-electron chi connectivity index (χ1n) is 7.87. The third-order valence-corrected chi connectivity index (χ3v) is 5.37. The van der Waals surface area contributed by atoms with E-state index in [9.17, 15) is 13.2 Å². The van der Waals surface area contributed by atoms with Crippen molar-refractivity contribution in [2.45, 2.75) is 30.6 Å². The Morgan fingerprint density at radius 1 is 1.17 bits per heavy atom. The number of benzene rings is 1. The molecule has 6 nitrogen and oxygen atoms in total. The summed E-state index contributed by atoms with van der Waals surface area (Å²) >= 11 is 0. The number of anilines is 1. The Labute approximate surface area is 141 Å². The quantitative estimate of drug-likeness (QED) is 0.866. The second kappa shape index (κ2) is 7.11. The van der Waals surface area contributed by atoms with E-state index >= 15 is 0 Å². The summed E-state index contributed by atoms with van der Waals surface area (Å²) in [6, 6.07) is 10.4. The van der Waals surface area contributed by atoms with Gasteiger partial charge in [0.15, 0.2) is 0 Å². The van der Waals surface area contributed by atoms with Crippen LogP contribution in [0.1, 0.15) is 24.1 Å². The highest BCUT2D eigenvalue weighted by Crippen LogP contribution is 2.25. The van der Waals surface area contributed by atoms with Gasteiger partial charge in [-0.05, 0) is 48.7 Å². The Hall–Kier alpha value is -2.25. The predicted octanol–water partition coefficient (Wildman–Crippen LogP) is 1.88. The smallest absolute Gasteiger partial charge is 0.240 e. The Bertz CT molecular complexity index is 835. The molecule has 0 atom stereocenters. The number of aromatic nitrogens is 1. The number of nitrogens with one attached hydrogen (secondary N) is 2. The van der Waals surface area contributed by atoms with E-state index in [0.717, 1.165) is 17.7 Å². The van der Waals surface area contributed by atoms with Crippen molar-refractivity contribution >= 4 is 21.6 Å². The SMILES string of the molecule is O=C1CCCc2cc(S(=O)(=O)NCCc3ccccn3)ccc2N1. The molecular weight excluding hydrogens is 326 g/mol. The van der Waals surface area contributed by atoms with Gasteiger partial charge in [0, 0.05) is 37.0 Å². The number of rotatable bonds is 5. The van der Waals surface area contributed by atoms with E-state index in [1.54, 1.807) is 18.3 Å².